The molecule has 2 aromatic carbocycles. The molecule has 0 saturated carbocycles. The zero-order chi connectivity index (χ0) is 18.2. The lowest BCUT2D eigenvalue weighted by atomic mass is 9.98. The monoisotopic (exact) mass is 347 g/mol. The summed E-state index contributed by atoms with van der Waals surface area (Å²) >= 11 is 0. The fraction of sp³-hybridized carbons (Fsp3) is 0.222. The molecule has 0 spiro atoms. The van der Waals surface area contributed by atoms with Crippen molar-refractivity contribution >= 4 is 11.9 Å². The maximum Gasteiger partial charge on any atom is 0.376 e. The van der Waals surface area contributed by atoms with Gasteiger partial charge in [0.25, 0.3) is 0 Å². The highest BCUT2D eigenvalue weighted by Gasteiger charge is 2.50. The zero-order valence-corrected chi connectivity index (χ0v) is 13.0. The smallest absolute Gasteiger partial charge is 0.376 e. The Kier molecular flexibility index (Phi) is 4.26. The standard InChI is InChI=1S/C18H15F2NO4/c19-18(20,17(23)24)15(21)16(22)25-9-14-12-7-3-1-5-10(12)11-6-2-4-8-13(11)14/h1-8,14-15H,9,21H2,(H,23,24). The van der Waals surface area contributed by atoms with Crippen LogP contribution in [0.1, 0.15) is 17.0 Å². The number of carboxylic acids is 1. The first-order chi connectivity index (χ1) is 11.8. The van der Waals surface area contributed by atoms with E-state index >= 15 is 0 Å². The average Bonchev–Trinajstić information content (AvgIpc) is 2.93. The lowest BCUT2D eigenvalue weighted by molar-refractivity contribution is -0.176. The molecule has 3 rings (SSSR count). The molecular formula is C18H15F2NO4. The van der Waals surface area contributed by atoms with Crippen molar-refractivity contribution in [2.75, 3.05) is 6.61 Å². The number of alkyl halides is 2. The number of hydrogen-bond acceptors (Lipinski definition) is 4. The van der Waals surface area contributed by atoms with Gasteiger partial charge in [0, 0.05) is 5.92 Å². The summed E-state index contributed by atoms with van der Waals surface area (Å²) in [6, 6.07) is 12.5. The number of carboxylic acid groups (broad SMARTS) is 1. The lowest BCUT2D eigenvalue weighted by Crippen LogP contribution is -2.52. The number of ether oxygens (including phenoxy) is 1. The maximum atomic E-state index is 13.3. The van der Waals surface area contributed by atoms with Crippen molar-refractivity contribution in [1.29, 1.82) is 0 Å². The molecule has 0 amide bonds. The molecule has 0 aromatic heterocycles. The van der Waals surface area contributed by atoms with E-state index in [1.807, 2.05) is 48.5 Å². The molecule has 0 saturated heterocycles. The van der Waals surface area contributed by atoms with Gasteiger partial charge in [-0.2, -0.15) is 8.78 Å². The van der Waals surface area contributed by atoms with Gasteiger partial charge >= 0.3 is 17.9 Å². The molecule has 25 heavy (non-hydrogen) atoms. The van der Waals surface area contributed by atoms with Crippen molar-refractivity contribution < 1.29 is 28.2 Å². The Bertz CT molecular complexity index is 792. The number of esters is 1. The van der Waals surface area contributed by atoms with Crippen molar-refractivity contribution in [2.24, 2.45) is 5.73 Å². The quantitative estimate of drug-likeness (QED) is 0.811. The topological polar surface area (TPSA) is 89.6 Å². The van der Waals surface area contributed by atoms with E-state index in [0.29, 0.717) is 0 Å². The molecule has 0 heterocycles. The van der Waals surface area contributed by atoms with Crippen molar-refractivity contribution in [3.8, 4) is 11.1 Å². The minimum absolute atomic E-state index is 0.198. The van der Waals surface area contributed by atoms with Crippen LogP contribution in [-0.2, 0) is 14.3 Å². The van der Waals surface area contributed by atoms with Crippen LogP contribution in [-0.4, -0.2) is 35.6 Å². The van der Waals surface area contributed by atoms with Crippen LogP contribution >= 0.6 is 0 Å². The van der Waals surface area contributed by atoms with Gasteiger partial charge in [-0.15, -0.1) is 0 Å². The number of rotatable bonds is 5. The summed E-state index contributed by atoms with van der Waals surface area (Å²) < 4.78 is 31.6. The number of nitrogens with two attached hydrogens (primary N) is 1. The molecule has 1 atom stereocenters. The first-order valence-electron chi connectivity index (χ1n) is 7.55. The summed E-state index contributed by atoms with van der Waals surface area (Å²) in [6.07, 6.45) is 0. The number of aliphatic carboxylic acids is 1. The van der Waals surface area contributed by atoms with E-state index in [4.69, 9.17) is 15.6 Å². The van der Waals surface area contributed by atoms with Crippen LogP contribution in [0.15, 0.2) is 48.5 Å². The van der Waals surface area contributed by atoms with Crippen LogP contribution in [0.3, 0.4) is 0 Å². The largest absolute Gasteiger partial charge is 0.477 e. The second kappa shape index (κ2) is 6.25. The van der Waals surface area contributed by atoms with E-state index in [-0.39, 0.29) is 12.5 Å². The van der Waals surface area contributed by atoms with Gasteiger partial charge in [-0.05, 0) is 22.3 Å². The summed E-state index contributed by atoms with van der Waals surface area (Å²) in [4.78, 5) is 22.3. The molecular weight excluding hydrogens is 332 g/mol. The van der Waals surface area contributed by atoms with E-state index in [2.05, 4.69) is 0 Å². The highest BCUT2D eigenvalue weighted by molar-refractivity contribution is 5.87. The third kappa shape index (κ3) is 2.87. The van der Waals surface area contributed by atoms with Crippen molar-refractivity contribution in [3.05, 3.63) is 59.7 Å². The number of carbonyl (C=O) groups is 2. The number of halogens is 2. The highest BCUT2D eigenvalue weighted by atomic mass is 19.3. The molecule has 3 N–H and O–H groups in total. The number of hydrogen-bond donors (Lipinski definition) is 2. The summed E-state index contributed by atoms with van der Waals surface area (Å²) in [6.45, 7) is -0.198. The molecule has 0 aliphatic heterocycles. The molecule has 0 bridgehead atoms. The van der Waals surface area contributed by atoms with Gasteiger partial charge in [0.05, 0.1) is 0 Å². The predicted octanol–water partition coefficient (Wildman–Crippen LogP) is 2.39. The van der Waals surface area contributed by atoms with Gasteiger partial charge in [-0.1, -0.05) is 48.5 Å². The summed E-state index contributed by atoms with van der Waals surface area (Å²) in [5, 5.41) is 8.46. The Morgan fingerprint density at radius 1 is 1.08 bits per heavy atom. The van der Waals surface area contributed by atoms with Crippen molar-refractivity contribution in [2.45, 2.75) is 17.9 Å². The SMILES string of the molecule is NC(C(=O)OCC1c2ccccc2-c2ccccc21)C(F)(F)C(=O)O. The molecule has 5 nitrogen and oxygen atoms in total. The molecule has 0 fully saturated rings. The normalized spacial score (nSPS) is 14.5. The van der Waals surface area contributed by atoms with Gasteiger partial charge in [0.15, 0.2) is 6.04 Å². The number of benzene rings is 2. The van der Waals surface area contributed by atoms with E-state index in [1.165, 1.54) is 0 Å². The first kappa shape index (κ1) is 17.0. The van der Waals surface area contributed by atoms with Gasteiger partial charge in [0.2, 0.25) is 0 Å². The Labute approximate surface area is 142 Å². The molecule has 130 valence electrons. The highest BCUT2D eigenvalue weighted by Crippen LogP contribution is 2.44. The summed E-state index contributed by atoms with van der Waals surface area (Å²) in [5.74, 6) is -8.62. The first-order valence-corrected chi connectivity index (χ1v) is 7.55. The minimum Gasteiger partial charge on any atom is -0.477 e. The van der Waals surface area contributed by atoms with Crippen molar-refractivity contribution in [3.63, 3.8) is 0 Å². The Morgan fingerprint density at radius 3 is 2.04 bits per heavy atom. The fourth-order valence-corrected chi connectivity index (χ4v) is 2.98. The van der Waals surface area contributed by atoms with Crippen molar-refractivity contribution in [1.82, 2.24) is 0 Å². The average molecular weight is 347 g/mol. The summed E-state index contributed by atoms with van der Waals surface area (Å²) in [7, 11) is 0. The Morgan fingerprint density at radius 2 is 1.56 bits per heavy atom. The van der Waals surface area contributed by atoms with E-state index in [0.717, 1.165) is 22.3 Å². The van der Waals surface area contributed by atoms with E-state index in [9.17, 15) is 18.4 Å². The van der Waals surface area contributed by atoms with Gasteiger partial charge in [-0.3, -0.25) is 4.79 Å². The third-order valence-electron chi connectivity index (χ3n) is 4.28. The Balaban J connectivity index is 1.80. The number of carbonyl (C=O) groups excluding carboxylic acids is 1. The van der Waals surface area contributed by atoms with Crippen LogP contribution in [0.5, 0.6) is 0 Å². The number of fused-ring (bicyclic) bond motifs is 3. The third-order valence-corrected chi connectivity index (χ3v) is 4.28. The molecule has 1 aliphatic rings. The fourth-order valence-electron chi connectivity index (χ4n) is 2.98. The lowest BCUT2D eigenvalue weighted by Gasteiger charge is -2.20. The van der Waals surface area contributed by atoms with Crippen LogP contribution in [0.4, 0.5) is 8.78 Å². The molecule has 2 aromatic rings. The molecule has 1 aliphatic carbocycles. The van der Waals surface area contributed by atoms with E-state index in [1.54, 1.807) is 0 Å². The second-order valence-corrected chi connectivity index (χ2v) is 5.76. The van der Waals surface area contributed by atoms with Gasteiger partial charge in [-0.25, -0.2) is 4.79 Å². The molecule has 0 radical (unpaired) electrons. The molecule has 7 heteroatoms. The minimum atomic E-state index is -4.39. The van der Waals surface area contributed by atoms with Crippen LogP contribution in [0.2, 0.25) is 0 Å². The Hall–Kier alpha value is -2.80. The zero-order valence-electron chi connectivity index (χ0n) is 13.0. The van der Waals surface area contributed by atoms with Gasteiger partial charge in [0.1, 0.15) is 6.61 Å². The van der Waals surface area contributed by atoms with Crippen LogP contribution < -0.4 is 5.73 Å². The molecule has 1 unspecified atom stereocenters. The summed E-state index contributed by atoms with van der Waals surface area (Å²) in [5.41, 5.74) is 8.86. The van der Waals surface area contributed by atoms with Crippen LogP contribution in [0, 0.1) is 0 Å². The predicted molar refractivity (Wildman–Crippen MR) is 85.2 cm³/mol. The van der Waals surface area contributed by atoms with E-state index < -0.39 is 23.9 Å². The van der Waals surface area contributed by atoms with Gasteiger partial charge < -0.3 is 15.6 Å². The maximum absolute atomic E-state index is 13.3. The second-order valence-electron chi connectivity index (χ2n) is 5.76. The van der Waals surface area contributed by atoms with Crippen LogP contribution in [0.25, 0.3) is 11.1 Å².